The summed E-state index contributed by atoms with van der Waals surface area (Å²) in [6.07, 6.45) is 1.39. The predicted octanol–water partition coefficient (Wildman–Crippen LogP) is 0.848. The molecule has 0 radical (unpaired) electrons. The van der Waals surface area contributed by atoms with Gasteiger partial charge in [-0.3, -0.25) is 0 Å². The largest absolute Gasteiger partial charge is 0.391 e. The number of likely N-dealkylation sites (N-methyl/N-ethyl adjacent to an activating group) is 1. The standard InChI is InChI=1S/C10H17N3OS/c1-3-11-6-9(14)7-15-10-12-5-4-8(2)13-10/h4-5,9,11,14H,3,6-7H2,1-2H3. The van der Waals surface area contributed by atoms with Crippen molar-refractivity contribution < 1.29 is 5.11 Å². The van der Waals surface area contributed by atoms with E-state index in [0.717, 1.165) is 17.4 Å². The summed E-state index contributed by atoms with van der Waals surface area (Å²) in [5.74, 6) is 0.621. The van der Waals surface area contributed by atoms with Crippen LogP contribution in [0.4, 0.5) is 0 Å². The second-order valence-electron chi connectivity index (χ2n) is 3.25. The molecule has 0 aliphatic carbocycles. The van der Waals surface area contributed by atoms with Crippen molar-refractivity contribution in [1.82, 2.24) is 15.3 Å². The van der Waals surface area contributed by atoms with Gasteiger partial charge in [-0.05, 0) is 19.5 Å². The van der Waals surface area contributed by atoms with Gasteiger partial charge in [0.2, 0.25) is 0 Å². The van der Waals surface area contributed by atoms with Crippen LogP contribution in [-0.2, 0) is 0 Å². The molecule has 4 nitrogen and oxygen atoms in total. The summed E-state index contributed by atoms with van der Waals surface area (Å²) in [6, 6.07) is 1.86. The van der Waals surface area contributed by atoms with E-state index < -0.39 is 0 Å². The highest BCUT2D eigenvalue weighted by Gasteiger charge is 2.05. The molecule has 2 N–H and O–H groups in total. The van der Waals surface area contributed by atoms with E-state index in [9.17, 15) is 5.11 Å². The number of aliphatic hydroxyl groups is 1. The number of thioether (sulfide) groups is 1. The van der Waals surface area contributed by atoms with Crippen LogP contribution in [0, 0.1) is 6.92 Å². The monoisotopic (exact) mass is 227 g/mol. The highest BCUT2D eigenvalue weighted by Crippen LogP contribution is 2.13. The average molecular weight is 227 g/mol. The van der Waals surface area contributed by atoms with Gasteiger partial charge in [0.1, 0.15) is 0 Å². The molecule has 1 rings (SSSR count). The van der Waals surface area contributed by atoms with Crippen LogP contribution < -0.4 is 5.32 Å². The van der Waals surface area contributed by atoms with Gasteiger partial charge in [0.25, 0.3) is 0 Å². The van der Waals surface area contributed by atoms with Crippen LogP contribution in [0.3, 0.4) is 0 Å². The summed E-state index contributed by atoms with van der Waals surface area (Å²) in [4.78, 5) is 8.36. The summed E-state index contributed by atoms with van der Waals surface area (Å²) in [5, 5.41) is 13.4. The molecule has 0 fully saturated rings. The van der Waals surface area contributed by atoms with Crippen LogP contribution in [0.15, 0.2) is 17.4 Å². The number of nitrogens with one attached hydrogen (secondary N) is 1. The van der Waals surface area contributed by atoms with Gasteiger partial charge < -0.3 is 10.4 Å². The summed E-state index contributed by atoms with van der Waals surface area (Å²) in [6.45, 7) is 5.45. The van der Waals surface area contributed by atoms with Crippen LogP contribution in [0.1, 0.15) is 12.6 Å². The van der Waals surface area contributed by atoms with Gasteiger partial charge in [-0.1, -0.05) is 18.7 Å². The van der Waals surface area contributed by atoms with Crippen LogP contribution in [-0.4, -0.2) is 40.0 Å². The molecule has 1 aromatic rings. The second-order valence-corrected chi connectivity index (χ2v) is 4.24. The minimum atomic E-state index is -0.348. The lowest BCUT2D eigenvalue weighted by Crippen LogP contribution is -2.28. The molecular weight excluding hydrogens is 210 g/mol. The molecule has 1 aromatic heterocycles. The maximum absolute atomic E-state index is 9.57. The number of rotatable bonds is 6. The highest BCUT2D eigenvalue weighted by atomic mass is 32.2. The Balaban J connectivity index is 2.30. The zero-order valence-corrected chi connectivity index (χ0v) is 9.92. The summed E-state index contributed by atoms with van der Waals surface area (Å²) in [7, 11) is 0. The Hall–Kier alpha value is -0.650. The minimum absolute atomic E-state index is 0.348. The zero-order valence-electron chi connectivity index (χ0n) is 9.10. The third-order valence-electron chi connectivity index (χ3n) is 1.81. The molecule has 1 unspecified atom stereocenters. The minimum Gasteiger partial charge on any atom is -0.391 e. The van der Waals surface area contributed by atoms with Gasteiger partial charge in [0, 0.05) is 24.2 Å². The van der Waals surface area contributed by atoms with E-state index in [-0.39, 0.29) is 6.10 Å². The molecular formula is C10H17N3OS. The fraction of sp³-hybridized carbons (Fsp3) is 0.600. The van der Waals surface area contributed by atoms with E-state index in [1.54, 1.807) is 6.20 Å². The lowest BCUT2D eigenvalue weighted by atomic mass is 10.4. The smallest absolute Gasteiger partial charge is 0.187 e. The van der Waals surface area contributed by atoms with Crippen molar-refractivity contribution in [3.8, 4) is 0 Å². The van der Waals surface area contributed by atoms with E-state index in [0.29, 0.717) is 12.3 Å². The molecule has 0 spiro atoms. The Kier molecular flexibility index (Phi) is 5.60. The Morgan fingerprint density at radius 1 is 1.60 bits per heavy atom. The fourth-order valence-electron chi connectivity index (χ4n) is 1.04. The molecule has 15 heavy (non-hydrogen) atoms. The zero-order chi connectivity index (χ0) is 11.1. The van der Waals surface area contributed by atoms with Gasteiger partial charge in [-0.25, -0.2) is 9.97 Å². The van der Waals surface area contributed by atoms with Crippen LogP contribution >= 0.6 is 11.8 Å². The van der Waals surface area contributed by atoms with Crippen LogP contribution in [0.25, 0.3) is 0 Å². The van der Waals surface area contributed by atoms with Gasteiger partial charge in [0.15, 0.2) is 5.16 Å². The molecule has 5 heteroatoms. The maximum Gasteiger partial charge on any atom is 0.187 e. The van der Waals surface area contributed by atoms with E-state index >= 15 is 0 Å². The topological polar surface area (TPSA) is 58.0 Å². The normalized spacial score (nSPS) is 12.7. The number of hydrogen-bond acceptors (Lipinski definition) is 5. The number of aromatic nitrogens is 2. The molecule has 0 aliphatic heterocycles. The first kappa shape index (κ1) is 12.4. The molecule has 1 heterocycles. The molecule has 0 amide bonds. The first-order chi connectivity index (χ1) is 7.22. The third-order valence-corrected chi connectivity index (χ3v) is 2.81. The highest BCUT2D eigenvalue weighted by molar-refractivity contribution is 7.99. The molecule has 0 saturated heterocycles. The van der Waals surface area contributed by atoms with Gasteiger partial charge in [-0.2, -0.15) is 0 Å². The van der Waals surface area contributed by atoms with Crippen molar-refractivity contribution >= 4 is 11.8 Å². The quantitative estimate of drug-likeness (QED) is 0.557. The van der Waals surface area contributed by atoms with Gasteiger partial charge >= 0.3 is 0 Å². The first-order valence-corrected chi connectivity index (χ1v) is 6.02. The van der Waals surface area contributed by atoms with E-state index in [1.165, 1.54) is 11.8 Å². The predicted molar refractivity (Wildman–Crippen MR) is 62.0 cm³/mol. The fourth-order valence-corrected chi connectivity index (χ4v) is 1.84. The Labute approximate surface area is 94.5 Å². The molecule has 0 aromatic carbocycles. The Morgan fingerprint density at radius 3 is 3.07 bits per heavy atom. The second kappa shape index (κ2) is 6.76. The number of hydrogen-bond donors (Lipinski definition) is 2. The lowest BCUT2D eigenvalue weighted by Gasteiger charge is -2.09. The lowest BCUT2D eigenvalue weighted by molar-refractivity contribution is 0.196. The molecule has 84 valence electrons. The SMILES string of the molecule is CCNCC(O)CSc1nccc(C)n1. The van der Waals surface area contributed by atoms with E-state index in [2.05, 4.69) is 15.3 Å². The van der Waals surface area contributed by atoms with Crippen molar-refractivity contribution in [3.63, 3.8) is 0 Å². The number of aliphatic hydroxyl groups excluding tert-OH is 1. The van der Waals surface area contributed by atoms with Crippen molar-refractivity contribution in [2.24, 2.45) is 0 Å². The summed E-state index contributed by atoms with van der Waals surface area (Å²) >= 11 is 1.48. The number of nitrogens with zero attached hydrogens (tertiary/aromatic N) is 2. The van der Waals surface area contributed by atoms with Crippen molar-refractivity contribution in [1.29, 1.82) is 0 Å². The Morgan fingerprint density at radius 2 is 2.40 bits per heavy atom. The average Bonchev–Trinajstić information content (AvgIpc) is 2.23. The molecule has 1 atom stereocenters. The van der Waals surface area contributed by atoms with Crippen LogP contribution in [0.2, 0.25) is 0 Å². The molecule has 0 aliphatic rings. The van der Waals surface area contributed by atoms with Crippen molar-refractivity contribution in [2.75, 3.05) is 18.8 Å². The summed E-state index contributed by atoms with van der Waals surface area (Å²) < 4.78 is 0. The molecule has 0 saturated carbocycles. The van der Waals surface area contributed by atoms with E-state index in [1.807, 2.05) is 19.9 Å². The van der Waals surface area contributed by atoms with Gasteiger partial charge in [0.05, 0.1) is 6.10 Å². The van der Waals surface area contributed by atoms with Crippen molar-refractivity contribution in [3.05, 3.63) is 18.0 Å². The third kappa shape index (κ3) is 5.11. The maximum atomic E-state index is 9.57. The van der Waals surface area contributed by atoms with E-state index in [4.69, 9.17) is 0 Å². The van der Waals surface area contributed by atoms with Gasteiger partial charge in [-0.15, -0.1) is 0 Å². The van der Waals surface area contributed by atoms with Crippen LogP contribution in [0.5, 0.6) is 0 Å². The summed E-state index contributed by atoms with van der Waals surface area (Å²) in [5.41, 5.74) is 0.952. The number of aryl methyl sites for hydroxylation is 1. The molecule has 0 bridgehead atoms. The first-order valence-electron chi connectivity index (χ1n) is 5.03. The Bertz CT molecular complexity index is 296. The van der Waals surface area contributed by atoms with Crippen molar-refractivity contribution in [2.45, 2.75) is 25.1 Å².